The van der Waals surface area contributed by atoms with Crippen LogP contribution >= 0.6 is 15.9 Å². The number of pyridine rings is 1. The van der Waals surface area contributed by atoms with Crippen LogP contribution in [0.25, 0.3) is 0 Å². The maximum atomic E-state index is 4.36. The first-order valence-electron chi connectivity index (χ1n) is 4.05. The minimum absolute atomic E-state index is 0.166. The van der Waals surface area contributed by atoms with Crippen LogP contribution in [0.2, 0.25) is 0 Å². The fourth-order valence-corrected chi connectivity index (χ4v) is 2.09. The first-order chi connectivity index (χ1) is 5.41. The minimum atomic E-state index is 0.166. The molecule has 1 heterocycles. The number of rotatable bonds is 0. The number of aryl methyl sites for hydroxylation is 1. The highest BCUT2D eigenvalue weighted by Crippen LogP contribution is 2.28. The lowest BCUT2D eigenvalue weighted by Crippen LogP contribution is -2.12. The molecule has 0 saturated carbocycles. The van der Waals surface area contributed by atoms with Gasteiger partial charge in [-0.05, 0) is 39.9 Å². The third-order valence-electron chi connectivity index (χ3n) is 1.80. The van der Waals surface area contributed by atoms with E-state index in [1.54, 1.807) is 0 Å². The second-order valence-corrected chi connectivity index (χ2v) is 4.79. The molecule has 66 valence electrons. The summed E-state index contributed by atoms with van der Waals surface area (Å²) < 4.78 is 0.968. The molecule has 12 heavy (non-hydrogen) atoms. The standard InChI is InChI=1S/C10H14BrN/c1-7-5-6-8(9(11)12-7)10(2,3)4/h5-6H,1-4H3. The van der Waals surface area contributed by atoms with Crippen molar-refractivity contribution in [2.75, 3.05) is 0 Å². The third kappa shape index (κ3) is 2.07. The average molecular weight is 228 g/mol. The smallest absolute Gasteiger partial charge is 0.110 e. The van der Waals surface area contributed by atoms with Crippen molar-refractivity contribution in [3.63, 3.8) is 0 Å². The number of nitrogens with zero attached hydrogens (tertiary/aromatic N) is 1. The SMILES string of the molecule is Cc1ccc(C(C)(C)C)c(Br)n1. The van der Waals surface area contributed by atoms with Crippen molar-refractivity contribution in [3.05, 3.63) is 28.0 Å². The van der Waals surface area contributed by atoms with E-state index in [-0.39, 0.29) is 5.41 Å². The molecule has 0 fully saturated rings. The van der Waals surface area contributed by atoms with Crippen LogP contribution in [0.3, 0.4) is 0 Å². The molecule has 0 spiro atoms. The van der Waals surface area contributed by atoms with Crippen LogP contribution in [0.4, 0.5) is 0 Å². The highest BCUT2D eigenvalue weighted by Gasteiger charge is 2.17. The second-order valence-electron chi connectivity index (χ2n) is 4.04. The largest absolute Gasteiger partial charge is 0.246 e. The highest BCUT2D eigenvalue weighted by molar-refractivity contribution is 9.10. The zero-order chi connectivity index (χ0) is 9.35. The van der Waals surface area contributed by atoms with Gasteiger partial charge in [-0.1, -0.05) is 26.8 Å². The van der Waals surface area contributed by atoms with E-state index in [0.29, 0.717) is 0 Å². The van der Waals surface area contributed by atoms with Crippen LogP contribution in [-0.2, 0) is 5.41 Å². The summed E-state index contributed by atoms with van der Waals surface area (Å²) in [7, 11) is 0. The van der Waals surface area contributed by atoms with Gasteiger partial charge in [-0.3, -0.25) is 0 Å². The fourth-order valence-electron chi connectivity index (χ4n) is 1.08. The van der Waals surface area contributed by atoms with Gasteiger partial charge in [0.05, 0.1) is 0 Å². The van der Waals surface area contributed by atoms with E-state index < -0.39 is 0 Å². The molecular weight excluding hydrogens is 214 g/mol. The van der Waals surface area contributed by atoms with Crippen molar-refractivity contribution < 1.29 is 0 Å². The molecule has 0 N–H and O–H groups in total. The molecule has 0 radical (unpaired) electrons. The predicted molar refractivity (Wildman–Crippen MR) is 55.4 cm³/mol. The van der Waals surface area contributed by atoms with E-state index >= 15 is 0 Å². The molecule has 0 saturated heterocycles. The Hall–Kier alpha value is -0.370. The van der Waals surface area contributed by atoms with Crippen LogP contribution in [0.1, 0.15) is 32.0 Å². The Bertz CT molecular complexity index is 286. The molecule has 0 atom stereocenters. The van der Waals surface area contributed by atoms with E-state index in [4.69, 9.17) is 0 Å². The lowest BCUT2D eigenvalue weighted by Gasteiger charge is -2.19. The summed E-state index contributed by atoms with van der Waals surface area (Å²) in [5.41, 5.74) is 2.47. The van der Waals surface area contributed by atoms with Crippen molar-refractivity contribution >= 4 is 15.9 Å². The van der Waals surface area contributed by atoms with Gasteiger partial charge in [-0.2, -0.15) is 0 Å². The summed E-state index contributed by atoms with van der Waals surface area (Å²) >= 11 is 3.47. The van der Waals surface area contributed by atoms with E-state index in [9.17, 15) is 0 Å². The van der Waals surface area contributed by atoms with Gasteiger partial charge in [0.15, 0.2) is 0 Å². The van der Waals surface area contributed by atoms with Crippen molar-refractivity contribution in [1.29, 1.82) is 0 Å². The minimum Gasteiger partial charge on any atom is -0.246 e. The van der Waals surface area contributed by atoms with Crippen molar-refractivity contribution in [3.8, 4) is 0 Å². The molecule has 2 heteroatoms. The van der Waals surface area contributed by atoms with Gasteiger partial charge < -0.3 is 0 Å². The quantitative estimate of drug-likeness (QED) is 0.619. The molecule has 1 aromatic rings. The maximum absolute atomic E-state index is 4.36. The van der Waals surface area contributed by atoms with E-state index in [0.717, 1.165) is 10.3 Å². The van der Waals surface area contributed by atoms with Gasteiger partial charge in [0.2, 0.25) is 0 Å². The highest BCUT2D eigenvalue weighted by atomic mass is 79.9. The van der Waals surface area contributed by atoms with Crippen LogP contribution in [0.15, 0.2) is 16.7 Å². The summed E-state index contributed by atoms with van der Waals surface area (Å²) in [6.45, 7) is 8.55. The lowest BCUT2D eigenvalue weighted by molar-refractivity contribution is 0.583. The number of hydrogen-bond acceptors (Lipinski definition) is 1. The Morgan fingerprint density at radius 1 is 1.25 bits per heavy atom. The number of halogens is 1. The monoisotopic (exact) mass is 227 g/mol. The second kappa shape index (κ2) is 3.17. The maximum Gasteiger partial charge on any atom is 0.110 e. The molecule has 0 aliphatic heterocycles. The van der Waals surface area contributed by atoms with Crippen LogP contribution < -0.4 is 0 Å². The molecule has 0 aliphatic rings. The first-order valence-corrected chi connectivity index (χ1v) is 4.84. The molecular formula is C10H14BrN. The van der Waals surface area contributed by atoms with Crippen LogP contribution in [0.5, 0.6) is 0 Å². The van der Waals surface area contributed by atoms with Gasteiger partial charge in [-0.25, -0.2) is 4.98 Å². The zero-order valence-corrected chi connectivity index (χ0v) is 9.57. The number of aromatic nitrogens is 1. The van der Waals surface area contributed by atoms with Gasteiger partial charge in [0.1, 0.15) is 4.60 Å². The van der Waals surface area contributed by atoms with E-state index in [2.05, 4.69) is 47.8 Å². The molecule has 0 bridgehead atoms. The topological polar surface area (TPSA) is 12.9 Å². The van der Waals surface area contributed by atoms with Crippen LogP contribution in [-0.4, -0.2) is 4.98 Å². The molecule has 0 aromatic carbocycles. The summed E-state index contributed by atoms with van der Waals surface area (Å²) in [5.74, 6) is 0. The molecule has 0 unspecified atom stereocenters. The molecule has 0 amide bonds. The molecule has 1 aromatic heterocycles. The van der Waals surface area contributed by atoms with Crippen molar-refractivity contribution in [2.45, 2.75) is 33.1 Å². The summed E-state index contributed by atoms with van der Waals surface area (Å²) in [4.78, 5) is 4.36. The first kappa shape index (κ1) is 9.72. The fraction of sp³-hybridized carbons (Fsp3) is 0.500. The van der Waals surface area contributed by atoms with Gasteiger partial charge >= 0.3 is 0 Å². The summed E-state index contributed by atoms with van der Waals surface area (Å²) in [6, 6.07) is 4.18. The molecule has 0 aliphatic carbocycles. The summed E-state index contributed by atoms with van der Waals surface area (Å²) in [6.07, 6.45) is 0. The van der Waals surface area contributed by atoms with E-state index in [1.807, 2.05) is 13.0 Å². The Labute approximate surface area is 82.3 Å². The number of hydrogen-bond donors (Lipinski definition) is 0. The summed E-state index contributed by atoms with van der Waals surface area (Å²) in [5, 5.41) is 0. The Morgan fingerprint density at radius 2 is 1.83 bits per heavy atom. The van der Waals surface area contributed by atoms with Gasteiger partial charge in [0, 0.05) is 5.69 Å². The van der Waals surface area contributed by atoms with Gasteiger partial charge in [0.25, 0.3) is 0 Å². The predicted octanol–water partition coefficient (Wildman–Crippen LogP) is 3.45. The van der Waals surface area contributed by atoms with Crippen molar-refractivity contribution in [1.82, 2.24) is 4.98 Å². The van der Waals surface area contributed by atoms with Crippen molar-refractivity contribution in [2.24, 2.45) is 0 Å². The zero-order valence-electron chi connectivity index (χ0n) is 7.98. The van der Waals surface area contributed by atoms with Gasteiger partial charge in [-0.15, -0.1) is 0 Å². The Morgan fingerprint density at radius 3 is 2.25 bits per heavy atom. The Kier molecular flexibility index (Phi) is 2.57. The lowest BCUT2D eigenvalue weighted by atomic mass is 9.88. The Balaban J connectivity index is 3.19. The van der Waals surface area contributed by atoms with Crippen LogP contribution in [0, 0.1) is 6.92 Å². The molecule has 1 rings (SSSR count). The third-order valence-corrected chi connectivity index (χ3v) is 2.40. The average Bonchev–Trinajstić information content (AvgIpc) is 1.83. The molecule has 1 nitrogen and oxygen atoms in total. The van der Waals surface area contributed by atoms with E-state index in [1.165, 1.54) is 5.56 Å². The normalized spacial score (nSPS) is 11.8.